The van der Waals surface area contributed by atoms with E-state index in [0.717, 1.165) is 31.7 Å². The fraction of sp³-hybridized carbons (Fsp3) is 0.263. The highest BCUT2D eigenvalue weighted by atomic mass is 15.1. The molecule has 0 unspecified atom stereocenters. The van der Waals surface area contributed by atoms with Crippen LogP contribution >= 0.6 is 0 Å². The summed E-state index contributed by atoms with van der Waals surface area (Å²) in [4.78, 5) is 2.53. The summed E-state index contributed by atoms with van der Waals surface area (Å²) >= 11 is 0. The van der Waals surface area contributed by atoms with Gasteiger partial charge in [0.2, 0.25) is 0 Å². The first kappa shape index (κ1) is 13.4. The number of hydrogen-bond acceptors (Lipinski definition) is 2. The van der Waals surface area contributed by atoms with Gasteiger partial charge in [-0.1, -0.05) is 24.3 Å². The molecule has 1 aromatic heterocycles. The van der Waals surface area contributed by atoms with Gasteiger partial charge in [0.25, 0.3) is 0 Å². The second kappa shape index (κ2) is 5.18. The first-order valence-corrected chi connectivity index (χ1v) is 7.83. The van der Waals surface area contributed by atoms with Crippen molar-refractivity contribution in [3.05, 3.63) is 65.4 Å². The molecule has 22 heavy (non-hydrogen) atoms. The molecule has 2 heterocycles. The Hall–Kier alpha value is -2.26. The lowest BCUT2D eigenvalue weighted by atomic mass is 9.98. The minimum Gasteiger partial charge on any atom is -0.399 e. The van der Waals surface area contributed by atoms with Gasteiger partial charge in [0, 0.05) is 49.5 Å². The minimum atomic E-state index is 0.876. The fourth-order valence-corrected chi connectivity index (χ4v) is 3.56. The molecule has 0 aliphatic carbocycles. The van der Waals surface area contributed by atoms with Gasteiger partial charge in [-0.2, -0.15) is 0 Å². The van der Waals surface area contributed by atoms with Crippen LogP contribution in [0, 0.1) is 0 Å². The summed E-state index contributed by atoms with van der Waals surface area (Å²) in [5, 5.41) is 1.37. The number of rotatable bonds is 2. The molecule has 0 fully saturated rings. The smallest absolute Gasteiger partial charge is 0.0481 e. The maximum absolute atomic E-state index is 5.89. The van der Waals surface area contributed by atoms with Crippen molar-refractivity contribution in [1.29, 1.82) is 0 Å². The second-order valence-electron chi connectivity index (χ2n) is 6.27. The van der Waals surface area contributed by atoms with Crippen LogP contribution < -0.4 is 5.73 Å². The Labute approximate surface area is 131 Å². The van der Waals surface area contributed by atoms with Crippen LogP contribution in [0.2, 0.25) is 0 Å². The number of nitrogens with zero attached hydrogens (tertiary/aromatic N) is 2. The molecule has 3 heteroatoms. The molecule has 0 atom stereocenters. The van der Waals surface area contributed by atoms with Crippen molar-refractivity contribution in [2.45, 2.75) is 19.5 Å². The Bertz CT molecular complexity index is 832. The average Bonchev–Trinajstić information content (AvgIpc) is 2.84. The van der Waals surface area contributed by atoms with Gasteiger partial charge in [0.05, 0.1) is 0 Å². The number of aromatic nitrogens is 1. The predicted molar refractivity (Wildman–Crippen MR) is 91.6 cm³/mol. The van der Waals surface area contributed by atoms with Gasteiger partial charge in [-0.3, -0.25) is 4.90 Å². The first-order valence-electron chi connectivity index (χ1n) is 7.83. The second-order valence-corrected chi connectivity index (χ2v) is 6.27. The van der Waals surface area contributed by atoms with E-state index in [2.05, 4.69) is 59.1 Å². The molecule has 112 valence electrons. The van der Waals surface area contributed by atoms with Crippen molar-refractivity contribution in [3.63, 3.8) is 0 Å². The maximum Gasteiger partial charge on any atom is 0.0481 e. The van der Waals surface area contributed by atoms with E-state index < -0.39 is 0 Å². The third kappa shape index (κ3) is 2.28. The number of anilines is 1. The van der Waals surface area contributed by atoms with Gasteiger partial charge < -0.3 is 10.3 Å². The lowest BCUT2D eigenvalue weighted by molar-refractivity contribution is 0.246. The highest BCUT2D eigenvalue weighted by Gasteiger charge is 2.18. The zero-order chi connectivity index (χ0) is 15.1. The maximum atomic E-state index is 5.89. The van der Waals surface area contributed by atoms with E-state index in [1.54, 1.807) is 0 Å². The Morgan fingerprint density at radius 1 is 1.09 bits per heavy atom. The van der Waals surface area contributed by atoms with Crippen LogP contribution in [0.3, 0.4) is 0 Å². The molecular formula is C19H21N3. The number of hydrogen-bond donors (Lipinski definition) is 1. The number of para-hydroxylation sites is 1. The van der Waals surface area contributed by atoms with E-state index in [9.17, 15) is 0 Å². The molecule has 0 saturated carbocycles. The molecule has 4 rings (SSSR count). The third-order valence-corrected chi connectivity index (χ3v) is 4.70. The number of benzene rings is 2. The third-order valence-electron chi connectivity index (χ3n) is 4.70. The topological polar surface area (TPSA) is 34.2 Å². The van der Waals surface area contributed by atoms with Crippen LogP contribution in [-0.2, 0) is 26.6 Å². The van der Waals surface area contributed by atoms with E-state index in [-0.39, 0.29) is 0 Å². The molecular weight excluding hydrogens is 270 g/mol. The summed E-state index contributed by atoms with van der Waals surface area (Å²) < 4.78 is 2.23. The summed E-state index contributed by atoms with van der Waals surface area (Å²) in [5.74, 6) is 0. The molecule has 0 spiro atoms. The highest BCUT2D eigenvalue weighted by molar-refractivity contribution is 5.83. The van der Waals surface area contributed by atoms with Crippen molar-refractivity contribution in [3.8, 4) is 0 Å². The van der Waals surface area contributed by atoms with E-state index in [1.807, 2.05) is 6.07 Å². The fourth-order valence-electron chi connectivity index (χ4n) is 3.56. The van der Waals surface area contributed by atoms with Crippen molar-refractivity contribution in [1.82, 2.24) is 9.47 Å². The number of nitrogen functional groups attached to an aromatic ring is 1. The largest absolute Gasteiger partial charge is 0.399 e. The summed E-state index contributed by atoms with van der Waals surface area (Å²) in [7, 11) is 2.13. The molecule has 1 aliphatic rings. The Kier molecular flexibility index (Phi) is 3.16. The van der Waals surface area contributed by atoms with Gasteiger partial charge in [0.1, 0.15) is 0 Å². The quantitative estimate of drug-likeness (QED) is 0.735. The standard InChI is InChI=1S/C19H21N3/c1-21-11-16(18-4-2-3-5-19(18)21)13-22-9-8-14-10-17(20)7-6-15(14)12-22/h2-7,10-11H,8-9,12-13,20H2,1H3. The van der Waals surface area contributed by atoms with Crippen LogP contribution in [-0.4, -0.2) is 16.0 Å². The van der Waals surface area contributed by atoms with Crippen LogP contribution in [0.1, 0.15) is 16.7 Å². The molecule has 2 aromatic carbocycles. The van der Waals surface area contributed by atoms with Gasteiger partial charge >= 0.3 is 0 Å². The van der Waals surface area contributed by atoms with Gasteiger partial charge in [-0.25, -0.2) is 0 Å². The molecule has 3 aromatic rings. The monoisotopic (exact) mass is 291 g/mol. The van der Waals surface area contributed by atoms with E-state index in [4.69, 9.17) is 5.73 Å². The SMILES string of the molecule is Cn1cc(CN2CCc3cc(N)ccc3C2)c2ccccc21. The number of fused-ring (bicyclic) bond motifs is 2. The van der Waals surface area contributed by atoms with Crippen molar-refractivity contribution in [2.75, 3.05) is 12.3 Å². The number of nitrogens with two attached hydrogens (primary N) is 1. The predicted octanol–water partition coefficient (Wildman–Crippen LogP) is 3.32. The normalized spacial score (nSPS) is 15.1. The van der Waals surface area contributed by atoms with E-state index >= 15 is 0 Å². The Morgan fingerprint density at radius 2 is 1.95 bits per heavy atom. The van der Waals surface area contributed by atoms with Crippen molar-refractivity contribution in [2.24, 2.45) is 7.05 Å². The zero-order valence-electron chi connectivity index (χ0n) is 12.9. The highest BCUT2D eigenvalue weighted by Crippen LogP contribution is 2.26. The number of aryl methyl sites for hydroxylation is 1. The summed E-state index contributed by atoms with van der Waals surface area (Å²) in [6, 6.07) is 15.0. The molecule has 0 bridgehead atoms. The molecule has 0 saturated heterocycles. The minimum absolute atomic E-state index is 0.876. The van der Waals surface area contributed by atoms with Crippen molar-refractivity contribution < 1.29 is 0 Å². The summed E-state index contributed by atoms with van der Waals surface area (Å²) in [6.07, 6.45) is 3.36. The summed E-state index contributed by atoms with van der Waals surface area (Å²) in [6.45, 7) is 3.11. The first-order chi connectivity index (χ1) is 10.7. The molecule has 0 amide bonds. The molecule has 3 nitrogen and oxygen atoms in total. The molecule has 2 N–H and O–H groups in total. The van der Waals surface area contributed by atoms with Gasteiger partial charge in [-0.05, 0) is 41.3 Å². The van der Waals surface area contributed by atoms with Crippen LogP contribution in [0.5, 0.6) is 0 Å². The van der Waals surface area contributed by atoms with Crippen LogP contribution in [0.25, 0.3) is 10.9 Å². The van der Waals surface area contributed by atoms with Crippen LogP contribution in [0.15, 0.2) is 48.7 Å². The lowest BCUT2D eigenvalue weighted by Crippen LogP contribution is -2.30. The Morgan fingerprint density at radius 3 is 2.86 bits per heavy atom. The zero-order valence-corrected chi connectivity index (χ0v) is 12.9. The lowest BCUT2D eigenvalue weighted by Gasteiger charge is -2.28. The average molecular weight is 291 g/mol. The Balaban J connectivity index is 1.60. The van der Waals surface area contributed by atoms with Crippen LogP contribution in [0.4, 0.5) is 5.69 Å². The van der Waals surface area contributed by atoms with Gasteiger partial charge in [0.15, 0.2) is 0 Å². The van der Waals surface area contributed by atoms with E-state index in [0.29, 0.717) is 0 Å². The van der Waals surface area contributed by atoms with Gasteiger partial charge in [-0.15, -0.1) is 0 Å². The van der Waals surface area contributed by atoms with E-state index in [1.165, 1.54) is 27.6 Å². The molecule has 1 aliphatic heterocycles. The van der Waals surface area contributed by atoms with Crippen molar-refractivity contribution >= 4 is 16.6 Å². The molecule has 0 radical (unpaired) electrons. The summed E-state index contributed by atoms with van der Waals surface area (Å²) in [5.41, 5.74) is 12.3.